The van der Waals surface area contributed by atoms with Crippen LogP contribution >= 0.6 is 0 Å². The molecular weight excluding hydrogens is 198 g/mol. The highest BCUT2D eigenvalue weighted by atomic mass is 16.3. The first-order valence-corrected chi connectivity index (χ1v) is 6.27. The highest BCUT2D eigenvalue weighted by Crippen LogP contribution is 2.32. The molecule has 0 spiro atoms. The maximum atomic E-state index is 9.80. The molecule has 0 bridgehead atoms. The van der Waals surface area contributed by atoms with Crippen LogP contribution < -0.4 is 4.90 Å². The van der Waals surface area contributed by atoms with Crippen LogP contribution in [0.5, 0.6) is 0 Å². The van der Waals surface area contributed by atoms with Gasteiger partial charge < -0.3 is 10.0 Å². The van der Waals surface area contributed by atoms with Crippen LogP contribution in [0.4, 0.5) is 5.69 Å². The monoisotopic (exact) mass is 219 g/mol. The Hall–Kier alpha value is -1.02. The lowest BCUT2D eigenvalue weighted by Gasteiger charge is -2.28. The summed E-state index contributed by atoms with van der Waals surface area (Å²) in [6.07, 6.45) is 3.36. The smallest absolute Gasteiger partial charge is 0.0781 e. The van der Waals surface area contributed by atoms with Crippen LogP contribution in [0, 0.1) is 0 Å². The van der Waals surface area contributed by atoms with Crippen LogP contribution in [-0.4, -0.2) is 17.7 Å². The van der Waals surface area contributed by atoms with Crippen molar-refractivity contribution in [1.29, 1.82) is 0 Å². The average molecular weight is 219 g/mol. The normalized spacial score (nSPS) is 22.4. The van der Waals surface area contributed by atoms with Crippen molar-refractivity contribution in [1.82, 2.24) is 0 Å². The van der Waals surface area contributed by atoms with E-state index in [0.29, 0.717) is 6.04 Å². The third-order valence-electron chi connectivity index (χ3n) is 3.54. The van der Waals surface area contributed by atoms with Gasteiger partial charge in [-0.1, -0.05) is 25.1 Å². The van der Waals surface area contributed by atoms with E-state index in [0.717, 1.165) is 12.1 Å². The molecule has 1 heterocycles. The average Bonchev–Trinajstić information content (AvgIpc) is 2.76. The first-order valence-electron chi connectivity index (χ1n) is 6.27. The van der Waals surface area contributed by atoms with E-state index in [2.05, 4.69) is 24.0 Å². The Morgan fingerprint density at radius 1 is 1.44 bits per heavy atom. The Morgan fingerprint density at radius 2 is 2.19 bits per heavy atom. The second kappa shape index (κ2) is 4.88. The molecule has 1 saturated heterocycles. The fourth-order valence-electron chi connectivity index (χ4n) is 2.68. The molecule has 1 aromatic carbocycles. The second-order valence-electron chi connectivity index (χ2n) is 4.63. The number of rotatable bonds is 3. The summed E-state index contributed by atoms with van der Waals surface area (Å²) in [6, 6.07) is 8.88. The van der Waals surface area contributed by atoms with Gasteiger partial charge in [0.25, 0.3) is 0 Å². The van der Waals surface area contributed by atoms with Gasteiger partial charge in [-0.2, -0.15) is 0 Å². The SMILES string of the molecule is CCC1CCCN1c1ccccc1[C@@H](C)O. The lowest BCUT2D eigenvalue weighted by molar-refractivity contribution is 0.199. The second-order valence-corrected chi connectivity index (χ2v) is 4.63. The van der Waals surface area contributed by atoms with Gasteiger partial charge in [0.05, 0.1) is 6.10 Å². The highest BCUT2D eigenvalue weighted by Gasteiger charge is 2.25. The largest absolute Gasteiger partial charge is 0.389 e. The molecule has 1 unspecified atom stereocenters. The molecule has 2 rings (SSSR count). The fourth-order valence-corrected chi connectivity index (χ4v) is 2.68. The molecule has 0 radical (unpaired) electrons. The number of aliphatic hydroxyl groups is 1. The number of para-hydroxylation sites is 1. The molecule has 0 aliphatic carbocycles. The zero-order valence-electron chi connectivity index (χ0n) is 10.2. The van der Waals surface area contributed by atoms with E-state index in [1.54, 1.807) is 0 Å². The zero-order chi connectivity index (χ0) is 11.5. The van der Waals surface area contributed by atoms with Crippen molar-refractivity contribution in [3.05, 3.63) is 29.8 Å². The van der Waals surface area contributed by atoms with Gasteiger partial charge in [0, 0.05) is 23.8 Å². The Bertz CT molecular complexity index is 348. The standard InChI is InChI=1S/C14H21NO/c1-3-12-7-6-10-15(12)14-9-5-4-8-13(14)11(2)16/h4-5,8-9,11-12,16H,3,6-7,10H2,1-2H3/t11-,12?/m1/s1. The van der Waals surface area contributed by atoms with Gasteiger partial charge in [0.15, 0.2) is 0 Å². The maximum Gasteiger partial charge on any atom is 0.0781 e. The first-order chi connectivity index (χ1) is 7.74. The minimum atomic E-state index is -0.380. The summed E-state index contributed by atoms with van der Waals surface area (Å²) in [4.78, 5) is 2.46. The number of hydrogen-bond acceptors (Lipinski definition) is 2. The Morgan fingerprint density at radius 3 is 2.88 bits per heavy atom. The predicted molar refractivity (Wildman–Crippen MR) is 67.7 cm³/mol. The van der Waals surface area contributed by atoms with E-state index in [1.807, 2.05) is 19.1 Å². The minimum Gasteiger partial charge on any atom is -0.389 e. The molecule has 0 amide bonds. The number of nitrogens with zero attached hydrogens (tertiary/aromatic N) is 1. The van der Waals surface area contributed by atoms with Crippen LogP contribution in [0.3, 0.4) is 0 Å². The number of benzene rings is 1. The molecular formula is C14H21NO. The van der Waals surface area contributed by atoms with Crippen molar-refractivity contribution in [3.63, 3.8) is 0 Å². The van der Waals surface area contributed by atoms with Gasteiger partial charge >= 0.3 is 0 Å². The van der Waals surface area contributed by atoms with Crippen molar-refractivity contribution in [2.45, 2.75) is 45.3 Å². The van der Waals surface area contributed by atoms with Crippen LogP contribution in [0.25, 0.3) is 0 Å². The van der Waals surface area contributed by atoms with Crippen LogP contribution in [0.1, 0.15) is 44.8 Å². The maximum absolute atomic E-state index is 9.80. The third-order valence-corrected chi connectivity index (χ3v) is 3.54. The molecule has 1 aliphatic heterocycles. The minimum absolute atomic E-state index is 0.380. The van der Waals surface area contributed by atoms with Crippen molar-refractivity contribution >= 4 is 5.69 Å². The van der Waals surface area contributed by atoms with Gasteiger partial charge in [-0.15, -0.1) is 0 Å². The van der Waals surface area contributed by atoms with Crippen molar-refractivity contribution < 1.29 is 5.11 Å². The summed E-state index contributed by atoms with van der Waals surface area (Å²) in [7, 11) is 0. The summed E-state index contributed by atoms with van der Waals surface area (Å²) in [5.41, 5.74) is 2.28. The van der Waals surface area contributed by atoms with E-state index >= 15 is 0 Å². The molecule has 88 valence electrons. The molecule has 2 heteroatoms. The van der Waals surface area contributed by atoms with Crippen LogP contribution in [0.2, 0.25) is 0 Å². The zero-order valence-corrected chi connectivity index (χ0v) is 10.2. The molecule has 2 nitrogen and oxygen atoms in total. The van der Waals surface area contributed by atoms with Gasteiger partial charge in [0.2, 0.25) is 0 Å². The number of aliphatic hydroxyl groups excluding tert-OH is 1. The molecule has 0 aromatic heterocycles. The third kappa shape index (κ3) is 2.07. The quantitative estimate of drug-likeness (QED) is 0.844. The van der Waals surface area contributed by atoms with Crippen molar-refractivity contribution in [2.75, 3.05) is 11.4 Å². The molecule has 0 saturated carbocycles. The molecule has 1 fully saturated rings. The Balaban J connectivity index is 2.32. The first kappa shape index (κ1) is 11.5. The fraction of sp³-hybridized carbons (Fsp3) is 0.571. The predicted octanol–water partition coefficient (Wildman–Crippen LogP) is 3.12. The molecule has 1 aliphatic rings. The molecule has 16 heavy (non-hydrogen) atoms. The summed E-state index contributed by atoms with van der Waals surface area (Å²) < 4.78 is 0. The van der Waals surface area contributed by atoms with E-state index in [1.165, 1.54) is 24.9 Å². The van der Waals surface area contributed by atoms with Crippen LogP contribution in [-0.2, 0) is 0 Å². The lowest BCUT2D eigenvalue weighted by atomic mass is 10.1. The summed E-state index contributed by atoms with van der Waals surface area (Å²) in [6.45, 7) is 5.21. The van der Waals surface area contributed by atoms with Gasteiger partial charge in [-0.25, -0.2) is 0 Å². The highest BCUT2D eigenvalue weighted by molar-refractivity contribution is 5.56. The number of anilines is 1. The topological polar surface area (TPSA) is 23.5 Å². The molecule has 1 aromatic rings. The molecule has 2 atom stereocenters. The van der Waals surface area contributed by atoms with Crippen LogP contribution in [0.15, 0.2) is 24.3 Å². The Labute approximate surface area is 97.9 Å². The van der Waals surface area contributed by atoms with Gasteiger partial charge in [0.1, 0.15) is 0 Å². The number of hydrogen-bond donors (Lipinski definition) is 1. The van der Waals surface area contributed by atoms with E-state index in [4.69, 9.17) is 0 Å². The summed E-state index contributed by atoms with van der Waals surface area (Å²) in [5, 5.41) is 9.80. The van der Waals surface area contributed by atoms with Crippen molar-refractivity contribution in [3.8, 4) is 0 Å². The van der Waals surface area contributed by atoms with E-state index in [-0.39, 0.29) is 6.10 Å². The van der Waals surface area contributed by atoms with Gasteiger partial charge in [-0.3, -0.25) is 0 Å². The summed E-state index contributed by atoms with van der Waals surface area (Å²) >= 11 is 0. The van der Waals surface area contributed by atoms with Crippen molar-refractivity contribution in [2.24, 2.45) is 0 Å². The van der Waals surface area contributed by atoms with Gasteiger partial charge in [-0.05, 0) is 32.3 Å². The Kier molecular flexibility index (Phi) is 3.49. The lowest BCUT2D eigenvalue weighted by Crippen LogP contribution is -2.29. The molecule has 1 N–H and O–H groups in total. The summed E-state index contributed by atoms with van der Waals surface area (Å²) in [5.74, 6) is 0. The van der Waals surface area contributed by atoms with E-state index < -0.39 is 0 Å². The van der Waals surface area contributed by atoms with E-state index in [9.17, 15) is 5.11 Å².